The first-order valence-electron chi connectivity index (χ1n) is 7.01. The molecule has 2 aromatic rings. The Morgan fingerprint density at radius 3 is 2.74 bits per heavy atom. The summed E-state index contributed by atoms with van der Waals surface area (Å²) in [5, 5.41) is 0. The minimum absolute atomic E-state index is 0.601. The molecule has 1 atom stereocenters. The molecule has 1 aromatic heterocycles. The maximum absolute atomic E-state index is 4.67. The van der Waals surface area contributed by atoms with Gasteiger partial charge >= 0.3 is 0 Å². The van der Waals surface area contributed by atoms with E-state index in [2.05, 4.69) is 65.3 Å². The summed E-state index contributed by atoms with van der Waals surface area (Å²) in [5.74, 6) is 0.601. The fraction of sp³-hybridized carbons (Fsp3) is 0.353. The number of nitrogens with zero attached hydrogens (tertiary/aromatic N) is 2. The Hall–Kier alpha value is -1.67. The van der Waals surface area contributed by atoms with Crippen LogP contribution in [0, 0.1) is 6.92 Å². The second-order valence-electron chi connectivity index (χ2n) is 5.41. The first-order chi connectivity index (χ1) is 9.31. The lowest BCUT2D eigenvalue weighted by Crippen LogP contribution is -2.19. The van der Waals surface area contributed by atoms with Gasteiger partial charge in [-0.25, -0.2) is 0 Å². The SMILES string of the molecule is Cc1cccc(C2CCN(Cc3ccccc3)C2)n1. The number of aryl methyl sites for hydroxylation is 1. The van der Waals surface area contributed by atoms with Crippen molar-refractivity contribution in [2.45, 2.75) is 25.8 Å². The number of likely N-dealkylation sites (tertiary alicyclic amines) is 1. The molecule has 2 heterocycles. The van der Waals surface area contributed by atoms with Gasteiger partial charge in [0.05, 0.1) is 0 Å². The monoisotopic (exact) mass is 252 g/mol. The molecule has 0 radical (unpaired) electrons. The van der Waals surface area contributed by atoms with E-state index in [9.17, 15) is 0 Å². The molecule has 0 aliphatic carbocycles. The van der Waals surface area contributed by atoms with E-state index in [1.807, 2.05) is 0 Å². The quantitative estimate of drug-likeness (QED) is 0.832. The molecule has 2 nitrogen and oxygen atoms in total. The number of hydrogen-bond acceptors (Lipinski definition) is 2. The van der Waals surface area contributed by atoms with Gasteiger partial charge in [-0.2, -0.15) is 0 Å². The summed E-state index contributed by atoms with van der Waals surface area (Å²) in [5.41, 5.74) is 3.79. The van der Waals surface area contributed by atoms with Gasteiger partial charge < -0.3 is 0 Å². The molecular formula is C17H20N2. The number of benzene rings is 1. The third-order valence-corrected chi connectivity index (χ3v) is 3.85. The molecular weight excluding hydrogens is 232 g/mol. The fourth-order valence-corrected chi connectivity index (χ4v) is 2.85. The third kappa shape index (κ3) is 3.02. The zero-order valence-corrected chi connectivity index (χ0v) is 11.4. The Kier molecular flexibility index (Phi) is 3.60. The van der Waals surface area contributed by atoms with Gasteiger partial charge in [-0.1, -0.05) is 36.4 Å². The van der Waals surface area contributed by atoms with E-state index in [1.165, 1.54) is 24.2 Å². The van der Waals surface area contributed by atoms with Crippen LogP contribution in [-0.2, 0) is 6.54 Å². The van der Waals surface area contributed by atoms with Crippen molar-refractivity contribution in [3.05, 3.63) is 65.5 Å². The van der Waals surface area contributed by atoms with Crippen LogP contribution >= 0.6 is 0 Å². The van der Waals surface area contributed by atoms with Crippen LogP contribution in [0.3, 0.4) is 0 Å². The molecule has 2 heteroatoms. The summed E-state index contributed by atoms with van der Waals surface area (Å²) in [6.45, 7) is 5.43. The van der Waals surface area contributed by atoms with Gasteiger partial charge in [0.25, 0.3) is 0 Å². The summed E-state index contributed by atoms with van der Waals surface area (Å²) in [4.78, 5) is 7.20. The van der Waals surface area contributed by atoms with Crippen LogP contribution in [0.25, 0.3) is 0 Å². The van der Waals surface area contributed by atoms with Crippen molar-refractivity contribution in [3.8, 4) is 0 Å². The first kappa shape index (κ1) is 12.4. The highest BCUT2D eigenvalue weighted by Crippen LogP contribution is 2.26. The fourth-order valence-electron chi connectivity index (χ4n) is 2.85. The van der Waals surface area contributed by atoms with Gasteiger partial charge in [0.15, 0.2) is 0 Å². The van der Waals surface area contributed by atoms with Gasteiger partial charge in [-0.3, -0.25) is 9.88 Å². The second-order valence-corrected chi connectivity index (χ2v) is 5.41. The van der Waals surface area contributed by atoms with Crippen molar-refractivity contribution in [3.63, 3.8) is 0 Å². The molecule has 1 unspecified atom stereocenters. The average molecular weight is 252 g/mol. The smallest absolute Gasteiger partial charge is 0.0450 e. The summed E-state index contributed by atoms with van der Waals surface area (Å²) in [7, 11) is 0. The minimum Gasteiger partial charge on any atom is -0.298 e. The highest BCUT2D eigenvalue weighted by atomic mass is 15.1. The molecule has 1 saturated heterocycles. The van der Waals surface area contributed by atoms with Gasteiger partial charge in [0.2, 0.25) is 0 Å². The lowest BCUT2D eigenvalue weighted by Gasteiger charge is -2.16. The van der Waals surface area contributed by atoms with Crippen LogP contribution in [0.2, 0.25) is 0 Å². The van der Waals surface area contributed by atoms with Crippen molar-refractivity contribution >= 4 is 0 Å². The van der Waals surface area contributed by atoms with Crippen molar-refractivity contribution in [1.29, 1.82) is 0 Å². The summed E-state index contributed by atoms with van der Waals surface area (Å²) in [6, 6.07) is 17.1. The molecule has 1 aromatic carbocycles. The standard InChI is InChI=1S/C17H20N2/c1-14-6-5-9-17(18-14)16-10-11-19(13-16)12-15-7-3-2-4-8-15/h2-9,16H,10-13H2,1H3. The van der Waals surface area contributed by atoms with Gasteiger partial charge in [0, 0.05) is 30.4 Å². The van der Waals surface area contributed by atoms with E-state index >= 15 is 0 Å². The third-order valence-electron chi connectivity index (χ3n) is 3.85. The Balaban J connectivity index is 1.64. The Bertz CT molecular complexity index is 536. The number of aromatic nitrogens is 1. The zero-order valence-electron chi connectivity index (χ0n) is 11.4. The molecule has 0 amide bonds. The highest BCUT2D eigenvalue weighted by Gasteiger charge is 2.24. The van der Waals surface area contributed by atoms with Crippen molar-refractivity contribution < 1.29 is 0 Å². The van der Waals surface area contributed by atoms with Gasteiger partial charge in [-0.05, 0) is 37.6 Å². The van der Waals surface area contributed by atoms with E-state index in [-0.39, 0.29) is 0 Å². The lowest BCUT2D eigenvalue weighted by atomic mass is 10.0. The molecule has 1 aliphatic rings. The van der Waals surface area contributed by atoms with Crippen LogP contribution < -0.4 is 0 Å². The summed E-state index contributed by atoms with van der Waals surface area (Å²) < 4.78 is 0. The largest absolute Gasteiger partial charge is 0.298 e. The predicted molar refractivity (Wildman–Crippen MR) is 78.1 cm³/mol. The predicted octanol–water partition coefficient (Wildman–Crippen LogP) is 3.38. The van der Waals surface area contributed by atoms with E-state index in [4.69, 9.17) is 0 Å². The van der Waals surface area contributed by atoms with Crippen molar-refractivity contribution in [2.24, 2.45) is 0 Å². The highest BCUT2D eigenvalue weighted by molar-refractivity contribution is 5.17. The van der Waals surface area contributed by atoms with E-state index in [0.717, 1.165) is 18.8 Å². The Morgan fingerprint density at radius 1 is 1.11 bits per heavy atom. The normalized spacial score (nSPS) is 19.7. The number of pyridine rings is 1. The molecule has 0 saturated carbocycles. The molecule has 3 rings (SSSR count). The van der Waals surface area contributed by atoms with Crippen molar-refractivity contribution in [2.75, 3.05) is 13.1 Å². The summed E-state index contributed by atoms with van der Waals surface area (Å²) >= 11 is 0. The van der Waals surface area contributed by atoms with Crippen LogP contribution in [0.1, 0.15) is 29.3 Å². The Morgan fingerprint density at radius 2 is 1.95 bits per heavy atom. The maximum atomic E-state index is 4.67. The topological polar surface area (TPSA) is 16.1 Å². The minimum atomic E-state index is 0.601. The lowest BCUT2D eigenvalue weighted by molar-refractivity contribution is 0.326. The molecule has 0 N–H and O–H groups in total. The van der Waals surface area contributed by atoms with Crippen LogP contribution in [0.4, 0.5) is 0 Å². The molecule has 98 valence electrons. The number of hydrogen-bond donors (Lipinski definition) is 0. The Labute approximate surface area is 115 Å². The van der Waals surface area contributed by atoms with Crippen LogP contribution in [0.5, 0.6) is 0 Å². The molecule has 1 fully saturated rings. The molecule has 0 spiro atoms. The van der Waals surface area contributed by atoms with E-state index in [0.29, 0.717) is 5.92 Å². The van der Waals surface area contributed by atoms with Crippen molar-refractivity contribution in [1.82, 2.24) is 9.88 Å². The second kappa shape index (κ2) is 5.54. The average Bonchev–Trinajstić information content (AvgIpc) is 2.88. The first-order valence-corrected chi connectivity index (χ1v) is 7.01. The van der Waals surface area contributed by atoms with Crippen LogP contribution in [0.15, 0.2) is 48.5 Å². The van der Waals surface area contributed by atoms with Gasteiger partial charge in [-0.15, -0.1) is 0 Å². The van der Waals surface area contributed by atoms with E-state index in [1.54, 1.807) is 0 Å². The van der Waals surface area contributed by atoms with E-state index < -0.39 is 0 Å². The molecule has 0 bridgehead atoms. The maximum Gasteiger partial charge on any atom is 0.0450 e. The van der Waals surface area contributed by atoms with Crippen LogP contribution in [-0.4, -0.2) is 23.0 Å². The molecule has 19 heavy (non-hydrogen) atoms. The number of rotatable bonds is 3. The zero-order chi connectivity index (χ0) is 13.1. The summed E-state index contributed by atoms with van der Waals surface area (Å²) in [6.07, 6.45) is 1.23. The van der Waals surface area contributed by atoms with Gasteiger partial charge in [0.1, 0.15) is 0 Å². The molecule has 1 aliphatic heterocycles.